The number of carboxylic acids is 1. The van der Waals surface area contributed by atoms with E-state index in [1.165, 1.54) is 25.7 Å². The predicted octanol–water partition coefficient (Wildman–Crippen LogP) is 3.10. The van der Waals surface area contributed by atoms with E-state index in [9.17, 15) is 9.90 Å². The molecule has 0 spiro atoms. The number of nitrogens with one attached hydrogen (secondary N) is 1. The number of hydrogen-bond acceptors (Lipinski definition) is 2. The van der Waals surface area contributed by atoms with Gasteiger partial charge in [0.05, 0.1) is 0 Å². The molecule has 0 saturated heterocycles. The molecule has 1 aliphatic carbocycles. The Bertz CT molecular complexity index is 418. The summed E-state index contributed by atoms with van der Waals surface area (Å²) in [6, 6.07) is 9.36. The van der Waals surface area contributed by atoms with E-state index in [0.29, 0.717) is 18.3 Å². The third-order valence-electron chi connectivity index (χ3n) is 4.50. The number of carbonyl (C=O) groups is 1. The van der Waals surface area contributed by atoms with Gasteiger partial charge in [0.25, 0.3) is 0 Å². The Balaban J connectivity index is 1.87. The van der Waals surface area contributed by atoms with Crippen LogP contribution in [0.1, 0.15) is 38.2 Å². The zero-order chi connectivity index (χ0) is 14.4. The van der Waals surface area contributed by atoms with Gasteiger partial charge in [0, 0.05) is 0 Å². The van der Waals surface area contributed by atoms with Gasteiger partial charge in [-0.3, -0.25) is 4.79 Å². The Kier molecular flexibility index (Phi) is 5.60. The topological polar surface area (TPSA) is 49.3 Å². The zero-order valence-electron chi connectivity index (χ0n) is 12.2. The minimum atomic E-state index is -0.752. The average Bonchev–Trinajstić information content (AvgIpc) is 2.46. The van der Waals surface area contributed by atoms with Crippen LogP contribution < -0.4 is 5.32 Å². The molecule has 0 bridgehead atoms. The summed E-state index contributed by atoms with van der Waals surface area (Å²) in [6.45, 7) is 3.11. The van der Waals surface area contributed by atoms with Crippen LogP contribution in [0.15, 0.2) is 30.3 Å². The van der Waals surface area contributed by atoms with Gasteiger partial charge in [-0.1, -0.05) is 56.5 Å². The van der Waals surface area contributed by atoms with E-state index in [0.717, 1.165) is 12.1 Å². The molecule has 1 aromatic carbocycles. The molecule has 3 atom stereocenters. The molecule has 0 heterocycles. The van der Waals surface area contributed by atoms with Crippen LogP contribution in [0.5, 0.6) is 0 Å². The Labute approximate surface area is 121 Å². The van der Waals surface area contributed by atoms with E-state index >= 15 is 0 Å². The molecule has 1 saturated carbocycles. The van der Waals surface area contributed by atoms with Gasteiger partial charge in [0.2, 0.25) is 0 Å². The second-order valence-electron chi connectivity index (χ2n) is 6.01. The molecule has 2 N–H and O–H groups in total. The maximum atomic E-state index is 11.4. The molecule has 0 aliphatic heterocycles. The van der Waals surface area contributed by atoms with Crippen molar-refractivity contribution >= 4 is 5.97 Å². The molecule has 3 heteroatoms. The molecule has 110 valence electrons. The number of benzene rings is 1. The van der Waals surface area contributed by atoms with Crippen molar-refractivity contribution < 1.29 is 9.90 Å². The molecule has 1 fully saturated rings. The van der Waals surface area contributed by atoms with Gasteiger partial charge in [-0.2, -0.15) is 0 Å². The summed E-state index contributed by atoms with van der Waals surface area (Å²) in [4.78, 5) is 11.4. The largest absolute Gasteiger partial charge is 0.480 e. The van der Waals surface area contributed by atoms with Crippen LogP contribution in [-0.4, -0.2) is 23.7 Å². The van der Waals surface area contributed by atoms with E-state index in [4.69, 9.17) is 0 Å². The molecule has 2 rings (SSSR count). The van der Waals surface area contributed by atoms with Crippen molar-refractivity contribution in [3.63, 3.8) is 0 Å². The molecule has 1 aliphatic rings. The molecule has 0 radical (unpaired) electrons. The fourth-order valence-corrected chi connectivity index (χ4v) is 3.09. The first-order chi connectivity index (χ1) is 9.66. The van der Waals surface area contributed by atoms with Gasteiger partial charge < -0.3 is 10.4 Å². The van der Waals surface area contributed by atoms with E-state index in [2.05, 4.69) is 12.2 Å². The van der Waals surface area contributed by atoms with Crippen molar-refractivity contribution in [1.29, 1.82) is 0 Å². The monoisotopic (exact) mass is 275 g/mol. The lowest BCUT2D eigenvalue weighted by Gasteiger charge is -2.30. The maximum absolute atomic E-state index is 11.4. The van der Waals surface area contributed by atoms with Crippen molar-refractivity contribution in [3.8, 4) is 0 Å². The summed E-state index contributed by atoms with van der Waals surface area (Å²) in [7, 11) is 0. The van der Waals surface area contributed by atoms with Crippen molar-refractivity contribution in [3.05, 3.63) is 35.9 Å². The van der Waals surface area contributed by atoms with Crippen molar-refractivity contribution in [2.45, 2.75) is 45.1 Å². The first-order valence-corrected chi connectivity index (χ1v) is 7.67. The second kappa shape index (κ2) is 7.44. The van der Waals surface area contributed by atoms with Crippen LogP contribution in [-0.2, 0) is 11.2 Å². The molecule has 2 unspecified atom stereocenters. The standard InChI is InChI=1S/C17H25NO2/c1-13-7-5-6-10-15(13)12-18-16(17(19)20)11-14-8-3-2-4-9-14/h2-4,8-9,13,15-16,18H,5-7,10-12H2,1H3,(H,19,20)/t13?,15?,16-/m1/s1. The number of rotatable bonds is 6. The zero-order valence-corrected chi connectivity index (χ0v) is 12.2. The highest BCUT2D eigenvalue weighted by molar-refractivity contribution is 5.73. The minimum absolute atomic E-state index is 0.480. The number of aliphatic carboxylic acids is 1. The fraction of sp³-hybridized carbons (Fsp3) is 0.588. The van der Waals surface area contributed by atoms with Gasteiger partial charge in [-0.05, 0) is 36.8 Å². The third kappa shape index (κ3) is 4.34. The van der Waals surface area contributed by atoms with Crippen LogP contribution in [0.2, 0.25) is 0 Å². The molecule has 3 nitrogen and oxygen atoms in total. The Hall–Kier alpha value is -1.35. The molecule has 0 aromatic heterocycles. The van der Waals surface area contributed by atoms with Gasteiger partial charge in [-0.15, -0.1) is 0 Å². The molecular formula is C17H25NO2. The molecule has 0 amide bonds. The summed E-state index contributed by atoms with van der Waals surface area (Å²) in [5.41, 5.74) is 1.07. The second-order valence-corrected chi connectivity index (χ2v) is 6.01. The lowest BCUT2D eigenvalue weighted by atomic mass is 9.80. The highest BCUT2D eigenvalue weighted by Gasteiger charge is 2.24. The van der Waals surface area contributed by atoms with Gasteiger partial charge in [-0.25, -0.2) is 0 Å². The van der Waals surface area contributed by atoms with Crippen LogP contribution in [0, 0.1) is 11.8 Å². The quantitative estimate of drug-likeness (QED) is 0.838. The third-order valence-corrected chi connectivity index (χ3v) is 4.50. The Morgan fingerprint density at radius 1 is 1.30 bits per heavy atom. The van der Waals surface area contributed by atoms with Gasteiger partial charge in [0.1, 0.15) is 6.04 Å². The lowest BCUT2D eigenvalue weighted by molar-refractivity contribution is -0.139. The lowest BCUT2D eigenvalue weighted by Crippen LogP contribution is -2.42. The van der Waals surface area contributed by atoms with E-state index in [1.807, 2.05) is 30.3 Å². The van der Waals surface area contributed by atoms with Gasteiger partial charge in [0.15, 0.2) is 0 Å². The average molecular weight is 275 g/mol. The highest BCUT2D eigenvalue weighted by atomic mass is 16.4. The van der Waals surface area contributed by atoms with Gasteiger partial charge >= 0.3 is 5.97 Å². The summed E-state index contributed by atoms with van der Waals surface area (Å²) < 4.78 is 0. The van der Waals surface area contributed by atoms with Crippen LogP contribution in [0.25, 0.3) is 0 Å². The minimum Gasteiger partial charge on any atom is -0.480 e. The molecule has 20 heavy (non-hydrogen) atoms. The molecular weight excluding hydrogens is 250 g/mol. The van der Waals surface area contributed by atoms with Crippen LogP contribution in [0.4, 0.5) is 0 Å². The number of hydrogen-bond donors (Lipinski definition) is 2. The van der Waals surface area contributed by atoms with Crippen LogP contribution >= 0.6 is 0 Å². The summed E-state index contributed by atoms with van der Waals surface area (Å²) in [6.07, 6.45) is 5.67. The summed E-state index contributed by atoms with van der Waals surface area (Å²) >= 11 is 0. The van der Waals surface area contributed by atoms with Crippen molar-refractivity contribution in [2.75, 3.05) is 6.54 Å². The fourth-order valence-electron chi connectivity index (χ4n) is 3.09. The Morgan fingerprint density at radius 3 is 2.65 bits per heavy atom. The summed E-state index contributed by atoms with van der Waals surface area (Å²) in [5, 5.41) is 12.6. The number of carboxylic acid groups (broad SMARTS) is 1. The first-order valence-electron chi connectivity index (χ1n) is 7.67. The Morgan fingerprint density at radius 2 is 2.00 bits per heavy atom. The smallest absolute Gasteiger partial charge is 0.321 e. The maximum Gasteiger partial charge on any atom is 0.321 e. The van der Waals surface area contributed by atoms with E-state index < -0.39 is 12.0 Å². The normalized spacial score (nSPS) is 24.2. The molecule has 1 aromatic rings. The van der Waals surface area contributed by atoms with E-state index in [1.54, 1.807) is 0 Å². The van der Waals surface area contributed by atoms with Crippen molar-refractivity contribution in [2.24, 2.45) is 11.8 Å². The highest BCUT2D eigenvalue weighted by Crippen LogP contribution is 2.28. The SMILES string of the molecule is CC1CCCCC1CN[C@H](Cc1ccccc1)C(=O)O. The predicted molar refractivity (Wildman–Crippen MR) is 80.7 cm³/mol. The first kappa shape index (κ1) is 15.0. The van der Waals surface area contributed by atoms with E-state index in [-0.39, 0.29) is 0 Å². The summed E-state index contributed by atoms with van der Waals surface area (Å²) in [5.74, 6) is 0.584. The van der Waals surface area contributed by atoms with Crippen molar-refractivity contribution in [1.82, 2.24) is 5.32 Å². The van der Waals surface area contributed by atoms with Crippen LogP contribution in [0.3, 0.4) is 0 Å².